The van der Waals surface area contributed by atoms with Crippen molar-refractivity contribution >= 4 is 48.1 Å². The SMILES string of the molecule is CCN1C(=O)C(=CC=C2[Te]c3cc(C)c(C)cc3N2CC)C(=O)N(CC)C1=O. The monoisotopic (exact) mass is 497 g/mol. The maximum absolute atomic E-state index is 12.7. The van der Waals surface area contributed by atoms with Gasteiger partial charge in [-0.05, 0) is 0 Å². The molecule has 0 radical (unpaired) electrons. The van der Waals surface area contributed by atoms with Gasteiger partial charge in [-0.3, -0.25) is 0 Å². The quantitative estimate of drug-likeness (QED) is 0.365. The molecule has 0 spiro atoms. The van der Waals surface area contributed by atoms with Gasteiger partial charge in [0.05, 0.1) is 0 Å². The summed E-state index contributed by atoms with van der Waals surface area (Å²) in [5, 5.41) is 0. The number of nitrogens with zero attached hydrogens (tertiary/aromatic N) is 3. The molecule has 6 nitrogen and oxygen atoms in total. The van der Waals surface area contributed by atoms with Gasteiger partial charge in [0.2, 0.25) is 0 Å². The number of hydrogen-bond donors (Lipinski definition) is 0. The summed E-state index contributed by atoms with van der Waals surface area (Å²) in [4.78, 5) is 42.1. The molecule has 0 aromatic heterocycles. The number of carbonyl (C=O) groups is 3. The number of aryl methyl sites for hydroxylation is 2. The average molecular weight is 495 g/mol. The number of benzene rings is 1. The predicted octanol–water partition coefficient (Wildman–Crippen LogP) is 2.07. The standard InChI is InChI=1S/C21H25N3O3Te/c1-6-22-16-11-13(4)14(5)12-17(16)28-18(22)10-9-15-19(25)23(7-2)21(27)24(8-3)20(15)26/h9-12H,6-8H2,1-5H3. The summed E-state index contributed by atoms with van der Waals surface area (Å²) in [6.07, 6.45) is 3.51. The van der Waals surface area contributed by atoms with E-state index < -0.39 is 38.8 Å². The molecule has 1 saturated heterocycles. The van der Waals surface area contributed by atoms with Crippen molar-refractivity contribution in [1.29, 1.82) is 0 Å². The first-order valence-electron chi connectivity index (χ1n) is 9.50. The van der Waals surface area contributed by atoms with E-state index in [9.17, 15) is 14.4 Å². The number of hydrogen-bond acceptors (Lipinski definition) is 4. The van der Waals surface area contributed by atoms with E-state index in [1.54, 1.807) is 19.9 Å². The van der Waals surface area contributed by atoms with Crippen LogP contribution in [0.25, 0.3) is 0 Å². The number of urea groups is 1. The van der Waals surface area contributed by atoms with Crippen LogP contribution in [-0.2, 0) is 9.59 Å². The molecule has 2 heterocycles. The first-order chi connectivity index (χ1) is 13.3. The van der Waals surface area contributed by atoms with Crippen LogP contribution in [0.15, 0.2) is 33.6 Å². The molecule has 148 valence electrons. The molecule has 0 N–H and O–H groups in total. The summed E-state index contributed by atoms with van der Waals surface area (Å²) < 4.78 is 2.55. The first kappa shape index (κ1) is 20.6. The van der Waals surface area contributed by atoms with Crippen molar-refractivity contribution in [3.05, 3.63) is 44.7 Å². The van der Waals surface area contributed by atoms with Crippen molar-refractivity contribution < 1.29 is 14.4 Å². The number of imide groups is 2. The van der Waals surface area contributed by atoms with E-state index in [4.69, 9.17) is 0 Å². The van der Waals surface area contributed by atoms with Crippen molar-refractivity contribution in [3.63, 3.8) is 0 Å². The van der Waals surface area contributed by atoms with Crippen LogP contribution in [0.3, 0.4) is 0 Å². The van der Waals surface area contributed by atoms with Gasteiger partial charge in [-0.15, -0.1) is 0 Å². The van der Waals surface area contributed by atoms with Gasteiger partial charge in [-0.2, -0.15) is 0 Å². The number of amides is 4. The summed E-state index contributed by atoms with van der Waals surface area (Å²) in [5.41, 5.74) is 3.84. The molecule has 0 unspecified atom stereocenters. The third-order valence-corrected chi connectivity index (χ3v) is 8.28. The average Bonchev–Trinajstić information content (AvgIpc) is 2.99. The molecule has 0 aliphatic carbocycles. The fourth-order valence-electron chi connectivity index (χ4n) is 3.36. The van der Waals surface area contributed by atoms with Crippen LogP contribution in [0.2, 0.25) is 0 Å². The van der Waals surface area contributed by atoms with Crippen LogP contribution in [0, 0.1) is 13.8 Å². The van der Waals surface area contributed by atoms with Gasteiger partial charge in [0.25, 0.3) is 0 Å². The number of fused-ring (bicyclic) bond motifs is 1. The fraction of sp³-hybridized carbons (Fsp3) is 0.381. The third kappa shape index (κ3) is 3.38. The van der Waals surface area contributed by atoms with E-state index in [2.05, 4.69) is 37.8 Å². The minimum atomic E-state index is -0.599. The Labute approximate surface area is 175 Å². The van der Waals surface area contributed by atoms with Gasteiger partial charge in [-0.1, -0.05) is 0 Å². The van der Waals surface area contributed by atoms with E-state index in [1.165, 1.54) is 24.2 Å². The van der Waals surface area contributed by atoms with Crippen LogP contribution >= 0.6 is 0 Å². The van der Waals surface area contributed by atoms with Gasteiger partial charge in [0, 0.05) is 0 Å². The molecular weight excluding hydrogens is 470 g/mol. The Morgan fingerprint density at radius 1 is 0.821 bits per heavy atom. The number of barbiturate groups is 1. The molecule has 1 fully saturated rings. The Bertz CT molecular complexity index is 892. The van der Waals surface area contributed by atoms with Gasteiger partial charge in [-0.25, -0.2) is 0 Å². The number of anilines is 1. The number of rotatable bonds is 4. The van der Waals surface area contributed by atoms with Gasteiger partial charge < -0.3 is 0 Å². The summed E-state index contributed by atoms with van der Waals surface area (Å²) in [7, 11) is 0. The molecule has 7 heteroatoms. The van der Waals surface area contributed by atoms with Gasteiger partial charge in [0.1, 0.15) is 0 Å². The molecule has 2 aliphatic rings. The van der Waals surface area contributed by atoms with Crippen LogP contribution in [0.4, 0.5) is 10.5 Å². The van der Waals surface area contributed by atoms with Crippen LogP contribution in [-0.4, -0.2) is 68.2 Å². The molecule has 4 amide bonds. The number of carbonyl (C=O) groups excluding carboxylic acids is 3. The van der Waals surface area contributed by atoms with Crippen LogP contribution < -0.4 is 8.51 Å². The van der Waals surface area contributed by atoms with Crippen molar-refractivity contribution in [3.8, 4) is 0 Å². The second-order valence-corrected chi connectivity index (χ2v) is 9.75. The Morgan fingerprint density at radius 3 is 1.89 bits per heavy atom. The Hall–Kier alpha value is -2.10. The Balaban J connectivity index is 1.98. The molecule has 3 rings (SSSR count). The van der Waals surface area contributed by atoms with E-state index in [-0.39, 0.29) is 18.7 Å². The molecule has 0 atom stereocenters. The fourth-order valence-corrected chi connectivity index (χ4v) is 6.81. The normalized spacial score (nSPS) is 18.5. The zero-order valence-corrected chi connectivity index (χ0v) is 19.2. The second-order valence-electron chi connectivity index (χ2n) is 6.72. The zero-order valence-electron chi connectivity index (χ0n) is 16.9. The van der Waals surface area contributed by atoms with Gasteiger partial charge in [0.15, 0.2) is 0 Å². The van der Waals surface area contributed by atoms with Crippen LogP contribution in [0.1, 0.15) is 31.9 Å². The van der Waals surface area contributed by atoms with E-state index >= 15 is 0 Å². The molecule has 0 saturated carbocycles. The zero-order chi connectivity index (χ0) is 20.6. The number of allylic oxidation sites excluding steroid dienone is 2. The Morgan fingerprint density at radius 2 is 1.36 bits per heavy atom. The first-order valence-corrected chi connectivity index (χ1v) is 11.8. The van der Waals surface area contributed by atoms with Crippen LogP contribution in [0.5, 0.6) is 0 Å². The van der Waals surface area contributed by atoms with Gasteiger partial charge >= 0.3 is 176 Å². The Kier molecular flexibility index (Phi) is 5.97. The third-order valence-electron chi connectivity index (χ3n) is 5.10. The topological polar surface area (TPSA) is 60.9 Å². The summed E-state index contributed by atoms with van der Waals surface area (Å²) in [6.45, 7) is 11.1. The van der Waals surface area contributed by atoms with E-state index in [0.29, 0.717) is 0 Å². The minimum absolute atomic E-state index is 0.0580. The van der Waals surface area contributed by atoms with Crippen molar-refractivity contribution in [2.45, 2.75) is 34.6 Å². The summed E-state index contributed by atoms with van der Waals surface area (Å²) in [5.74, 6) is -1.02. The molecule has 28 heavy (non-hydrogen) atoms. The number of likely N-dealkylation sites (N-methyl/N-ethyl adjacent to an activating group) is 2. The van der Waals surface area contributed by atoms with Crippen molar-refractivity contribution in [2.24, 2.45) is 0 Å². The summed E-state index contributed by atoms with van der Waals surface area (Å²) >= 11 is -0.599. The molecular formula is C21H25N3O3Te. The summed E-state index contributed by atoms with van der Waals surface area (Å²) in [6, 6.07) is 3.95. The molecule has 0 bridgehead atoms. The molecule has 2 aliphatic heterocycles. The second kappa shape index (κ2) is 8.10. The van der Waals surface area contributed by atoms with E-state index in [1.807, 2.05) is 6.08 Å². The molecule has 1 aromatic carbocycles. The van der Waals surface area contributed by atoms with Crippen molar-refractivity contribution in [2.75, 3.05) is 24.5 Å². The van der Waals surface area contributed by atoms with E-state index in [0.717, 1.165) is 16.3 Å². The van der Waals surface area contributed by atoms with Crippen molar-refractivity contribution in [1.82, 2.24) is 9.80 Å². The molecule has 1 aromatic rings. The maximum atomic E-state index is 12.7. The predicted molar refractivity (Wildman–Crippen MR) is 111 cm³/mol.